The van der Waals surface area contributed by atoms with Crippen LogP contribution < -0.4 is 10.2 Å². The number of benzene rings is 1. The Labute approximate surface area is 119 Å². The van der Waals surface area contributed by atoms with Crippen LogP contribution in [0.2, 0.25) is 5.02 Å². The van der Waals surface area contributed by atoms with Crippen LogP contribution in [-0.2, 0) is 0 Å². The minimum absolute atomic E-state index is 0.360. The molecule has 18 heavy (non-hydrogen) atoms. The second kappa shape index (κ2) is 6.69. The summed E-state index contributed by atoms with van der Waals surface area (Å²) in [7, 11) is 0. The molecule has 0 aromatic heterocycles. The van der Waals surface area contributed by atoms with E-state index < -0.39 is 0 Å². The van der Waals surface area contributed by atoms with E-state index in [0.717, 1.165) is 24.7 Å². The topological polar surface area (TPSA) is 15.3 Å². The molecule has 0 aliphatic carbocycles. The van der Waals surface area contributed by atoms with E-state index in [1.54, 1.807) is 0 Å². The van der Waals surface area contributed by atoms with Gasteiger partial charge in [-0.3, -0.25) is 0 Å². The van der Waals surface area contributed by atoms with Crippen molar-refractivity contribution in [1.29, 1.82) is 0 Å². The highest BCUT2D eigenvalue weighted by Gasteiger charge is 2.15. The molecule has 0 radical (unpaired) electrons. The van der Waals surface area contributed by atoms with Gasteiger partial charge in [-0.2, -0.15) is 11.8 Å². The van der Waals surface area contributed by atoms with Gasteiger partial charge in [0.25, 0.3) is 0 Å². The lowest BCUT2D eigenvalue weighted by Gasteiger charge is -2.29. The summed E-state index contributed by atoms with van der Waals surface area (Å²) in [6.45, 7) is 7.48. The van der Waals surface area contributed by atoms with Gasteiger partial charge in [-0.05, 0) is 31.2 Å². The minimum atomic E-state index is 0.360. The average molecular weight is 285 g/mol. The normalized spacial score (nSPS) is 17.8. The predicted molar refractivity (Wildman–Crippen MR) is 83.1 cm³/mol. The van der Waals surface area contributed by atoms with Gasteiger partial charge in [-0.1, -0.05) is 24.6 Å². The van der Waals surface area contributed by atoms with E-state index in [2.05, 4.69) is 42.3 Å². The van der Waals surface area contributed by atoms with Crippen molar-refractivity contribution in [3.05, 3.63) is 28.8 Å². The Morgan fingerprint density at radius 2 is 2.11 bits per heavy atom. The summed E-state index contributed by atoms with van der Waals surface area (Å²) in [5, 5.41) is 4.29. The predicted octanol–water partition coefficient (Wildman–Crippen LogP) is 3.56. The van der Waals surface area contributed by atoms with E-state index in [0.29, 0.717) is 6.04 Å². The fourth-order valence-corrected chi connectivity index (χ4v) is 3.49. The van der Waals surface area contributed by atoms with Crippen molar-refractivity contribution in [1.82, 2.24) is 5.32 Å². The Morgan fingerprint density at radius 3 is 2.72 bits per heavy atom. The standard InChI is InChI=1S/C14H21ClN2S/c1-3-16-11(2)12-4-5-14(13(15)10-12)17-6-8-18-9-7-17/h4-5,10-11,16H,3,6-9H2,1-2H3. The lowest BCUT2D eigenvalue weighted by Crippen LogP contribution is -2.32. The molecule has 1 saturated heterocycles. The molecule has 0 bridgehead atoms. The molecule has 1 fully saturated rings. The second-order valence-electron chi connectivity index (χ2n) is 4.59. The van der Waals surface area contributed by atoms with Crippen molar-refractivity contribution in [3.8, 4) is 0 Å². The summed E-state index contributed by atoms with van der Waals surface area (Å²) in [5.41, 5.74) is 2.45. The maximum Gasteiger partial charge on any atom is 0.0642 e. The molecular weight excluding hydrogens is 264 g/mol. The molecule has 4 heteroatoms. The molecule has 100 valence electrons. The molecule has 2 nitrogen and oxygen atoms in total. The maximum atomic E-state index is 6.43. The third kappa shape index (κ3) is 3.34. The largest absolute Gasteiger partial charge is 0.369 e. The number of nitrogens with zero attached hydrogens (tertiary/aromatic N) is 1. The molecular formula is C14H21ClN2S. The highest BCUT2D eigenvalue weighted by Crippen LogP contribution is 2.30. The quantitative estimate of drug-likeness (QED) is 0.910. The first-order valence-electron chi connectivity index (χ1n) is 6.58. The lowest BCUT2D eigenvalue weighted by atomic mass is 10.1. The van der Waals surface area contributed by atoms with Gasteiger partial charge in [0.1, 0.15) is 0 Å². The summed E-state index contributed by atoms with van der Waals surface area (Å²) in [5.74, 6) is 2.40. The first kappa shape index (κ1) is 14.0. The van der Waals surface area contributed by atoms with E-state index in [-0.39, 0.29) is 0 Å². The number of hydrogen-bond acceptors (Lipinski definition) is 3. The zero-order valence-corrected chi connectivity index (χ0v) is 12.7. The van der Waals surface area contributed by atoms with Gasteiger partial charge in [0.15, 0.2) is 0 Å². The molecule has 0 amide bonds. The zero-order chi connectivity index (χ0) is 13.0. The molecule has 1 aliphatic rings. The third-order valence-corrected chi connectivity index (χ3v) is 4.58. The van der Waals surface area contributed by atoms with Crippen molar-refractivity contribution in [2.24, 2.45) is 0 Å². The zero-order valence-electron chi connectivity index (χ0n) is 11.1. The molecule has 1 N–H and O–H groups in total. The van der Waals surface area contributed by atoms with Crippen molar-refractivity contribution in [3.63, 3.8) is 0 Å². The van der Waals surface area contributed by atoms with Crippen molar-refractivity contribution >= 4 is 29.1 Å². The molecule has 0 spiro atoms. The molecule has 1 aromatic carbocycles. The molecule has 0 saturated carbocycles. The van der Waals surface area contributed by atoms with Crippen LogP contribution in [0.5, 0.6) is 0 Å². The van der Waals surface area contributed by atoms with Crippen LogP contribution in [0.4, 0.5) is 5.69 Å². The molecule has 1 heterocycles. The number of halogens is 1. The highest BCUT2D eigenvalue weighted by atomic mass is 35.5. The molecule has 2 rings (SSSR count). The fraction of sp³-hybridized carbons (Fsp3) is 0.571. The number of hydrogen-bond donors (Lipinski definition) is 1. The average Bonchev–Trinajstić information content (AvgIpc) is 2.40. The van der Waals surface area contributed by atoms with Crippen molar-refractivity contribution in [2.75, 3.05) is 36.0 Å². The molecule has 1 aromatic rings. The smallest absolute Gasteiger partial charge is 0.0642 e. The number of nitrogens with one attached hydrogen (secondary N) is 1. The van der Waals surface area contributed by atoms with Crippen LogP contribution in [0, 0.1) is 0 Å². The summed E-state index contributed by atoms with van der Waals surface area (Å²) in [6, 6.07) is 6.82. The number of anilines is 1. The van der Waals surface area contributed by atoms with Gasteiger partial charge >= 0.3 is 0 Å². The Kier molecular flexibility index (Phi) is 5.22. The first-order chi connectivity index (χ1) is 8.72. The van der Waals surface area contributed by atoms with Gasteiger partial charge in [0, 0.05) is 30.6 Å². The lowest BCUT2D eigenvalue weighted by molar-refractivity contribution is 0.598. The maximum absolute atomic E-state index is 6.43. The van der Waals surface area contributed by atoms with Crippen molar-refractivity contribution in [2.45, 2.75) is 19.9 Å². The van der Waals surface area contributed by atoms with E-state index in [1.807, 2.05) is 11.8 Å². The van der Waals surface area contributed by atoms with Crippen LogP contribution in [0.3, 0.4) is 0 Å². The molecule has 1 unspecified atom stereocenters. The van der Waals surface area contributed by atoms with Gasteiger partial charge < -0.3 is 10.2 Å². The number of rotatable bonds is 4. The van der Waals surface area contributed by atoms with Crippen LogP contribution in [0.1, 0.15) is 25.5 Å². The SMILES string of the molecule is CCNC(C)c1ccc(N2CCSCC2)c(Cl)c1. The van der Waals surface area contributed by atoms with E-state index in [1.165, 1.54) is 22.8 Å². The van der Waals surface area contributed by atoms with E-state index in [4.69, 9.17) is 11.6 Å². The summed E-state index contributed by atoms with van der Waals surface area (Å²) < 4.78 is 0. The molecule has 1 atom stereocenters. The Balaban J connectivity index is 2.13. The van der Waals surface area contributed by atoms with Gasteiger partial charge in [-0.15, -0.1) is 0 Å². The summed E-state index contributed by atoms with van der Waals surface area (Å²) in [6.07, 6.45) is 0. The van der Waals surface area contributed by atoms with Crippen molar-refractivity contribution < 1.29 is 0 Å². The second-order valence-corrected chi connectivity index (χ2v) is 6.22. The highest BCUT2D eigenvalue weighted by molar-refractivity contribution is 7.99. The van der Waals surface area contributed by atoms with Gasteiger partial charge in [-0.25, -0.2) is 0 Å². The first-order valence-corrected chi connectivity index (χ1v) is 8.11. The van der Waals surface area contributed by atoms with Gasteiger partial charge in [0.05, 0.1) is 10.7 Å². The van der Waals surface area contributed by atoms with Crippen LogP contribution >= 0.6 is 23.4 Å². The summed E-state index contributed by atoms with van der Waals surface area (Å²) in [4.78, 5) is 2.39. The van der Waals surface area contributed by atoms with Crippen LogP contribution in [-0.4, -0.2) is 31.1 Å². The van der Waals surface area contributed by atoms with E-state index >= 15 is 0 Å². The van der Waals surface area contributed by atoms with Gasteiger partial charge in [0.2, 0.25) is 0 Å². The monoisotopic (exact) mass is 284 g/mol. The minimum Gasteiger partial charge on any atom is -0.369 e. The fourth-order valence-electron chi connectivity index (χ4n) is 2.28. The van der Waals surface area contributed by atoms with Crippen LogP contribution in [0.15, 0.2) is 18.2 Å². The van der Waals surface area contributed by atoms with Crippen LogP contribution in [0.25, 0.3) is 0 Å². The Morgan fingerprint density at radius 1 is 1.39 bits per heavy atom. The molecule has 1 aliphatic heterocycles. The third-order valence-electron chi connectivity index (χ3n) is 3.33. The number of thioether (sulfide) groups is 1. The summed E-state index contributed by atoms with van der Waals surface area (Å²) >= 11 is 8.45. The van der Waals surface area contributed by atoms with E-state index in [9.17, 15) is 0 Å². The Bertz CT molecular complexity index is 391. The Hall–Kier alpha value is -0.380.